The molecule has 0 fully saturated rings. The lowest BCUT2D eigenvalue weighted by molar-refractivity contribution is 0.0743. The minimum atomic E-state index is -3.30. The van der Waals surface area contributed by atoms with Crippen LogP contribution >= 0.6 is 23.2 Å². The second kappa shape index (κ2) is 9.19. The molecule has 0 radical (unpaired) electrons. The predicted octanol–water partition coefficient (Wildman–Crippen LogP) is 6.53. The number of sulfone groups is 1. The molecule has 0 spiro atoms. The van der Waals surface area contributed by atoms with E-state index in [1.165, 1.54) is 0 Å². The Morgan fingerprint density at radius 1 is 0.941 bits per heavy atom. The Bertz CT molecular complexity index is 1430. The third-order valence-electron chi connectivity index (χ3n) is 5.57. The Labute approximate surface area is 209 Å². The van der Waals surface area contributed by atoms with Crippen molar-refractivity contribution in [3.05, 3.63) is 88.7 Å². The highest BCUT2D eigenvalue weighted by atomic mass is 35.5. The molecule has 4 rings (SSSR count). The molecule has 0 unspecified atom stereocenters. The van der Waals surface area contributed by atoms with Crippen LogP contribution in [0.15, 0.2) is 77.8 Å². The van der Waals surface area contributed by atoms with E-state index in [9.17, 15) is 13.5 Å². The van der Waals surface area contributed by atoms with Crippen LogP contribution in [-0.2, 0) is 15.4 Å². The summed E-state index contributed by atoms with van der Waals surface area (Å²) in [6.07, 6.45) is 1.76. The third-order valence-corrected chi connectivity index (χ3v) is 7.93. The van der Waals surface area contributed by atoms with Gasteiger partial charge >= 0.3 is 0 Å². The molecule has 0 saturated heterocycles. The van der Waals surface area contributed by atoms with Crippen molar-refractivity contribution in [1.82, 2.24) is 9.55 Å². The number of halogens is 2. The molecule has 0 amide bonds. The minimum Gasteiger partial charge on any atom is -0.384 e. The Kier molecular flexibility index (Phi) is 6.62. The molecular weight excluding hydrogens is 491 g/mol. The molecule has 4 aromatic rings. The predicted molar refractivity (Wildman–Crippen MR) is 137 cm³/mol. The number of aliphatic hydroxyl groups is 1. The van der Waals surface area contributed by atoms with E-state index in [0.29, 0.717) is 32.0 Å². The van der Waals surface area contributed by atoms with Crippen LogP contribution in [-0.4, -0.2) is 28.8 Å². The number of hydrogen-bond donors (Lipinski definition) is 1. The molecule has 5 nitrogen and oxygen atoms in total. The van der Waals surface area contributed by atoms with Gasteiger partial charge in [0.25, 0.3) is 0 Å². The summed E-state index contributed by atoms with van der Waals surface area (Å²) in [5, 5.41) is 11.5. The Morgan fingerprint density at radius 3 is 2.15 bits per heavy atom. The summed E-state index contributed by atoms with van der Waals surface area (Å²) in [4.78, 5) is 4.96. The van der Waals surface area contributed by atoms with Crippen LogP contribution in [0, 0.1) is 0 Å². The highest BCUT2D eigenvalue weighted by Gasteiger charge is 2.25. The van der Waals surface area contributed by atoms with Crippen LogP contribution in [0.5, 0.6) is 0 Å². The number of imidazole rings is 1. The zero-order valence-corrected chi connectivity index (χ0v) is 21.3. The number of benzene rings is 3. The van der Waals surface area contributed by atoms with Crippen molar-refractivity contribution in [2.75, 3.05) is 5.75 Å². The van der Waals surface area contributed by atoms with Gasteiger partial charge in [-0.1, -0.05) is 60.5 Å². The average molecular weight is 515 g/mol. The van der Waals surface area contributed by atoms with E-state index in [4.69, 9.17) is 23.2 Å². The van der Waals surface area contributed by atoms with Crippen molar-refractivity contribution in [2.45, 2.75) is 31.3 Å². The molecule has 8 heteroatoms. The summed E-state index contributed by atoms with van der Waals surface area (Å²) in [6.45, 7) is 4.96. The number of hydrogen-bond acceptors (Lipinski definition) is 4. The summed E-state index contributed by atoms with van der Waals surface area (Å²) in [5.41, 5.74) is 2.34. The number of aromatic nitrogens is 2. The van der Waals surface area contributed by atoms with E-state index in [0.717, 1.165) is 16.8 Å². The first-order chi connectivity index (χ1) is 16.0. The molecule has 0 bridgehead atoms. The van der Waals surface area contributed by atoms with E-state index >= 15 is 0 Å². The summed E-state index contributed by atoms with van der Waals surface area (Å²) in [7, 11) is -3.30. The largest absolute Gasteiger partial charge is 0.384 e. The molecule has 0 aliphatic rings. The highest BCUT2D eigenvalue weighted by Crippen LogP contribution is 2.37. The smallest absolute Gasteiger partial charge is 0.178 e. The van der Waals surface area contributed by atoms with Gasteiger partial charge in [0, 0.05) is 11.9 Å². The van der Waals surface area contributed by atoms with Gasteiger partial charge in [-0.05, 0) is 61.4 Å². The first-order valence-electron chi connectivity index (χ1n) is 10.7. The van der Waals surface area contributed by atoms with Crippen molar-refractivity contribution >= 4 is 33.0 Å². The maximum Gasteiger partial charge on any atom is 0.178 e. The van der Waals surface area contributed by atoms with Crippen LogP contribution in [0.4, 0.5) is 0 Å². The van der Waals surface area contributed by atoms with Crippen LogP contribution in [0.25, 0.3) is 28.2 Å². The van der Waals surface area contributed by atoms with Gasteiger partial charge in [-0.3, -0.25) is 4.57 Å². The van der Waals surface area contributed by atoms with Gasteiger partial charge in [0.05, 0.1) is 32.0 Å². The van der Waals surface area contributed by atoms with Gasteiger partial charge in [0.2, 0.25) is 0 Å². The van der Waals surface area contributed by atoms with Gasteiger partial charge in [0.1, 0.15) is 11.4 Å². The van der Waals surface area contributed by atoms with Crippen LogP contribution in [0.3, 0.4) is 0 Å². The standard InChI is InChI=1S/C26H24Cl2N2O3S/c1-4-34(32,33)20-8-5-7-18(15-20)17-11-13-19(14-12-17)30-16-23(26(2,3)31)29-25(30)24-21(27)9-6-10-22(24)28/h5-16,31H,4H2,1-3H3. The molecule has 34 heavy (non-hydrogen) atoms. The van der Waals surface area contributed by atoms with Gasteiger partial charge in [-0.25, -0.2) is 13.4 Å². The fraction of sp³-hybridized carbons (Fsp3) is 0.192. The fourth-order valence-corrected chi connectivity index (χ4v) is 5.10. The van der Waals surface area contributed by atoms with Crippen molar-refractivity contribution in [3.8, 4) is 28.2 Å². The lowest BCUT2D eigenvalue weighted by Crippen LogP contribution is -2.15. The van der Waals surface area contributed by atoms with Gasteiger partial charge in [-0.15, -0.1) is 0 Å². The van der Waals surface area contributed by atoms with Crippen LogP contribution in [0.1, 0.15) is 26.5 Å². The zero-order valence-electron chi connectivity index (χ0n) is 19.0. The van der Waals surface area contributed by atoms with Crippen molar-refractivity contribution in [1.29, 1.82) is 0 Å². The molecular formula is C26H24Cl2N2O3S. The quantitative estimate of drug-likeness (QED) is 0.317. The van der Waals surface area contributed by atoms with Gasteiger partial charge in [0.15, 0.2) is 9.84 Å². The Balaban J connectivity index is 1.81. The number of rotatable bonds is 6. The summed E-state index contributed by atoms with van der Waals surface area (Å²) in [5.74, 6) is 0.559. The van der Waals surface area contributed by atoms with Gasteiger partial charge < -0.3 is 5.11 Å². The van der Waals surface area contributed by atoms with Crippen molar-refractivity contribution in [2.24, 2.45) is 0 Å². The molecule has 0 saturated carbocycles. The fourth-order valence-electron chi connectivity index (χ4n) is 3.61. The molecule has 1 heterocycles. The number of nitrogens with zero attached hydrogens (tertiary/aromatic N) is 2. The SMILES string of the molecule is CCS(=O)(=O)c1cccc(-c2ccc(-n3cc(C(C)(C)O)nc3-c3c(Cl)cccc3Cl)cc2)c1. The molecule has 0 atom stereocenters. The molecule has 176 valence electrons. The van der Waals surface area contributed by atoms with E-state index in [-0.39, 0.29) is 5.75 Å². The molecule has 3 aromatic carbocycles. The maximum absolute atomic E-state index is 12.3. The molecule has 0 aliphatic heterocycles. The maximum atomic E-state index is 12.3. The monoisotopic (exact) mass is 514 g/mol. The normalized spacial score (nSPS) is 12.2. The Hall–Kier alpha value is -2.64. The first-order valence-corrected chi connectivity index (χ1v) is 13.1. The van der Waals surface area contributed by atoms with Crippen molar-refractivity contribution < 1.29 is 13.5 Å². The Morgan fingerprint density at radius 2 is 1.56 bits per heavy atom. The van der Waals surface area contributed by atoms with E-state index in [2.05, 4.69) is 4.98 Å². The second-order valence-corrected chi connectivity index (χ2v) is 11.5. The molecule has 1 N–H and O–H groups in total. The lowest BCUT2D eigenvalue weighted by atomic mass is 10.1. The van der Waals surface area contributed by atoms with E-state index < -0.39 is 15.4 Å². The minimum absolute atomic E-state index is 0.0486. The van der Waals surface area contributed by atoms with E-state index in [1.807, 2.05) is 34.9 Å². The first kappa shape index (κ1) is 24.5. The summed E-state index contributed by atoms with van der Waals surface area (Å²) >= 11 is 12.9. The van der Waals surface area contributed by atoms with E-state index in [1.54, 1.807) is 63.4 Å². The topological polar surface area (TPSA) is 72.2 Å². The molecule has 0 aliphatic carbocycles. The van der Waals surface area contributed by atoms with Crippen molar-refractivity contribution in [3.63, 3.8) is 0 Å². The summed E-state index contributed by atoms with van der Waals surface area (Å²) < 4.78 is 26.4. The highest BCUT2D eigenvalue weighted by molar-refractivity contribution is 7.91. The average Bonchev–Trinajstić information content (AvgIpc) is 3.25. The third kappa shape index (κ3) is 4.77. The summed E-state index contributed by atoms with van der Waals surface area (Å²) in [6, 6.07) is 19.8. The molecule has 1 aromatic heterocycles. The van der Waals surface area contributed by atoms with Gasteiger partial charge in [-0.2, -0.15) is 0 Å². The lowest BCUT2D eigenvalue weighted by Gasteiger charge is -2.13. The van der Waals surface area contributed by atoms with Crippen LogP contribution in [0.2, 0.25) is 10.0 Å². The zero-order chi connectivity index (χ0) is 24.7. The van der Waals surface area contributed by atoms with Crippen LogP contribution < -0.4 is 0 Å². The second-order valence-electron chi connectivity index (χ2n) is 8.45.